The molecule has 0 radical (unpaired) electrons. The number of nitrogens with one attached hydrogen (secondary N) is 1. The van der Waals surface area contributed by atoms with Crippen LogP contribution in [0.4, 0.5) is 5.69 Å². The molecule has 130 valence electrons. The van der Waals surface area contributed by atoms with E-state index < -0.39 is 0 Å². The molecule has 3 N–H and O–H groups in total. The van der Waals surface area contributed by atoms with Gasteiger partial charge in [0, 0.05) is 18.4 Å². The van der Waals surface area contributed by atoms with Gasteiger partial charge in [-0.3, -0.25) is 4.99 Å². The Bertz CT molecular complexity index is 641. The molecular formula is C18H24ClIN4. The van der Waals surface area contributed by atoms with E-state index in [4.69, 9.17) is 17.3 Å². The minimum Gasteiger partial charge on any atom is -0.370 e. The maximum atomic E-state index is 5.92. The maximum Gasteiger partial charge on any atom is 0.193 e. The van der Waals surface area contributed by atoms with Gasteiger partial charge in [-0.1, -0.05) is 43.6 Å². The van der Waals surface area contributed by atoms with Crippen molar-refractivity contribution in [3.63, 3.8) is 0 Å². The number of guanidine groups is 1. The molecule has 24 heavy (non-hydrogen) atoms. The van der Waals surface area contributed by atoms with Crippen molar-refractivity contribution in [2.75, 3.05) is 11.9 Å². The SMILES string of the molecule is CCC(C)c1ccc(NC(N)=NCCc2ccc(Cl)nc2)cc1.I. The fourth-order valence-electron chi connectivity index (χ4n) is 2.18. The summed E-state index contributed by atoms with van der Waals surface area (Å²) in [4.78, 5) is 8.38. The van der Waals surface area contributed by atoms with Crippen LogP contribution < -0.4 is 11.1 Å². The number of hydrogen-bond acceptors (Lipinski definition) is 2. The first kappa shape index (κ1) is 20.7. The van der Waals surface area contributed by atoms with Crippen molar-refractivity contribution in [3.8, 4) is 0 Å². The molecule has 4 nitrogen and oxygen atoms in total. The summed E-state index contributed by atoms with van der Waals surface area (Å²) in [7, 11) is 0. The monoisotopic (exact) mass is 458 g/mol. The molecular weight excluding hydrogens is 435 g/mol. The van der Waals surface area contributed by atoms with Gasteiger partial charge < -0.3 is 11.1 Å². The lowest BCUT2D eigenvalue weighted by atomic mass is 9.99. The Labute approximate surface area is 165 Å². The van der Waals surface area contributed by atoms with Gasteiger partial charge in [0.05, 0.1) is 0 Å². The molecule has 0 fully saturated rings. The largest absolute Gasteiger partial charge is 0.370 e. The number of aliphatic imine (C=N–C) groups is 1. The summed E-state index contributed by atoms with van der Waals surface area (Å²) < 4.78 is 0. The molecule has 1 heterocycles. The van der Waals surface area contributed by atoms with E-state index in [9.17, 15) is 0 Å². The highest BCUT2D eigenvalue weighted by Crippen LogP contribution is 2.20. The first-order valence-corrected chi connectivity index (χ1v) is 8.23. The standard InChI is InChI=1S/C18H23ClN4.HI/c1-3-13(2)15-5-7-16(8-6-15)23-18(20)21-11-10-14-4-9-17(19)22-12-14;/h4-9,12-13H,3,10-11H2,1-2H3,(H3,20,21,23);1H. The highest BCUT2D eigenvalue weighted by molar-refractivity contribution is 14.0. The smallest absolute Gasteiger partial charge is 0.193 e. The van der Waals surface area contributed by atoms with Crippen molar-refractivity contribution in [1.29, 1.82) is 0 Å². The van der Waals surface area contributed by atoms with Crippen molar-refractivity contribution < 1.29 is 0 Å². The predicted octanol–water partition coefficient (Wildman–Crippen LogP) is 4.84. The second-order valence-electron chi connectivity index (χ2n) is 5.56. The van der Waals surface area contributed by atoms with Crippen molar-refractivity contribution in [2.45, 2.75) is 32.6 Å². The number of rotatable bonds is 6. The molecule has 1 aromatic heterocycles. The first-order valence-electron chi connectivity index (χ1n) is 7.85. The molecule has 0 aliphatic rings. The van der Waals surface area contributed by atoms with Crippen LogP contribution in [0, 0.1) is 0 Å². The Morgan fingerprint density at radius 2 is 1.96 bits per heavy atom. The minimum absolute atomic E-state index is 0. The van der Waals surface area contributed by atoms with Gasteiger partial charge in [0.25, 0.3) is 0 Å². The predicted molar refractivity (Wildman–Crippen MR) is 114 cm³/mol. The van der Waals surface area contributed by atoms with E-state index in [1.165, 1.54) is 5.56 Å². The normalized spacial score (nSPS) is 12.4. The van der Waals surface area contributed by atoms with Crippen LogP contribution in [-0.2, 0) is 6.42 Å². The Hall–Kier alpha value is -1.34. The Balaban J connectivity index is 0.00000288. The van der Waals surface area contributed by atoms with E-state index in [1.54, 1.807) is 12.3 Å². The van der Waals surface area contributed by atoms with E-state index in [1.807, 2.05) is 18.2 Å². The number of hydrogen-bond donors (Lipinski definition) is 2. The molecule has 2 aromatic rings. The lowest BCUT2D eigenvalue weighted by Crippen LogP contribution is -2.23. The fourth-order valence-corrected chi connectivity index (χ4v) is 2.29. The molecule has 1 unspecified atom stereocenters. The molecule has 0 saturated carbocycles. The number of anilines is 1. The van der Waals surface area contributed by atoms with E-state index in [0.29, 0.717) is 23.6 Å². The second-order valence-corrected chi connectivity index (χ2v) is 5.95. The van der Waals surface area contributed by atoms with Gasteiger partial charge in [-0.25, -0.2) is 4.98 Å². The number of benzene rings is 1. The van der Waals surface area contributed by atoms with E-state index in [0.717, 1.165) is 24.1 Å². The summed E-state index contributed by atoms with van der Waals surface area (Å²) in [5.41, 5.74) is 9.29. The molecule has 0 saturated heterocycles. The molecule has 6 heteroatoms. The van der Waals surface area contributed by atoms with E-state index >= 15 is 0 Å². The number of pyridine rings is 1. The van der Waals surface area contributed by atoms with Crippen LogP contribution in [0.3, 0.4) is 0 Å². The van der Waals surface area contributed by atoms with Gasteiger partial charge in [0.1, 0.15) is 5.15 Å². The number of aromatic nitrogens is 1. The zero-order valence-electron chi connectivity index (χ0n) is 14.0. The average Bonchev–Trinajstić information content (AvgIpc) is 2.56. The molecule has 0 spiro atoms. The summed E-state index contributed by atoms with van der Waals surface area (Å²) >= 11 is 5.76. The summed E-state index contributed by atoms with van der Waals surface area (Å²) in [6.45, 7) is 5.02. The van der Waals surface area contributed by atoms with Gasteiger partial charge in [0.15, 0.2) is 5.96 Å². The topological polar surface area (TPSA) is 63.3 Å². The molecule has 0 aliphatic heterocycles. The Kier molecular flexibility index (Phi) is 9.07. The van der Waals surface area contributed by atoms with Crippen LogP contribution in [0.2, 0.25) is 5.15 Å². The lowest BCUT2D eigenvalue weighted by Gasteiger charge is -2.10. The lowest BCUT2D eigenvalue weighted by molar-refractivity contribution is 0.734. The molecule has 0 amide bonds. The van der Waals surface area contributed by atoms with Crippen LogP contribution in [0.1, 0.15) is 37.3 Å². The van der Waals surface area contributed by atoms with Crippen LogP contribution >= 0.6 is 35.6 Å². The number of nitrogens with zero attached hydrogens (tertiary/aromatic N) is 2. The van der Waals surface area contributed by atoms with Gasteiger partial charge >= 0.3 is 0 Å². The zero-order valence-corrected chi connectivity index (χ0v) is 17.1. The highest BCUT2D eigenvalue weighted by atomic mass is 127. The second kappa shape index (κ2) is 10.5. The molecule has 0 bridgehead atoms. The highest BCUT2D eigenvalue weighted by Gasteiger charge is 2.02. The third kappa shape index (κ3) is 6.65. The summed E-state index contributed by atoms with van der Waals surface area (Å²) in [6, 6.07) is 12.1. The van der Waals surface area contributed by atoms with Crippen LogP contribution in [0.25, 0.3) is 0 Å². The van der Waals surface area contributed by atoms with Gasteiger partial charge in [0.2, 0.25) is 0 Å². The van der Waals surface area contributed by atoms with Crippen molar-refractivity contribution in [3.05, 3.63) is 58.9 Å². The molecule has 0 aliphatic carbocycles. The quantitative estimate of drug-likeness (QED) is 0.282. The average molecular weight is 459 g/mol. The summed E-state index contributed by atoms with van der Waals surface area (Å²) in [6.07, 6.45) is 3.67. The van der Waals surface area contributed by atoms with Crippen LogP contribution in [0.15, 0.2) is 47.6 Å². The summed E-state index contributed by atoms with van der Waals surface area (Å²) in [5, 5.41) is 3.61. The molecule has 1 aromatic carbocycles. The third-order valence-electron chi connectivity index (χ3n) is 3.84. The molecule has 2 rings (SSSR count). The third-order valence-corrected chi connectivity index (χ3v) is 4.06. The first-order chi connectivity index (χ1) is 11.1. The van der Waals surface area contributed by atoms with Gasteiger partial charge in [-0.2, -0.15) is 0 Å². The van der Waals surface area contributed by atoms with Crippen molar-refractivity contribution in [1.82, 2.24) is 4.98 Å². The maximum absolute atomic E-state index is 5.92. The fraction of sp³-hybridized carbons (Fsp3) is 0.333. The molecule has 1 atom stereocenters. The number of nitrogens with two attached hydrogens (primary N) is 1. The van der Waals surface area contributed by atoms with Gasteiger partial charge in [-0.05, 0) is 48.1 Å². The van der Waals surface area contributed by atoms with Gasteiger partial charge in [-0.15, -0.1) is 24.0 Å². The van der Waals surface area contributed by atoms with Crippen LogP contribution in [0.5, 0.6) is 0 Å². The zero-order chi connectivity index (χ0) is 16.7. The Morgan fingerprint density at radius 3 is 2.54 bits per heavy atom. The van der Waals surface area contributed by atoms with Crippen molar-refractivity contribution >= 4 is 47.2 Å². The van der Waals surface area contributed by atoms with E-state index in [-0.39, 0.29) is 24.0 Å². The van der Waals surface area contributed by atoms with Crippen molar-refractivity contribution in [2.24, 2.45) is 10.7 Å². The van der Waals surface area contributed by atoms with Crippen LogP contribution in [-0.4, -0.2) is 17.5 Å². The Morgan fingerprint density at radius 1 is 1.25 bits per heavy atom. The summed E-state index contributed by atoms with van der Waals surface area (Å²) in [5.74, 6) is 0.992. The minimum atomic E-state index is 0. The van der Waals surface area contributed by atoms with E-state index in [2.05, 4.69) is 41.3 Å². The number of halogens is 2.